The number of halogens is 1. The van der Waals surface area contributed by atoms with E-state index in [0.29, 0.717) is 10.2 Å². The Morgan fingerprint density at radius 2 is 1.85 bits per heavy atom. The zero-order valence-electron chi connectivity index (χ0n) is 19.0. The van der Waals surface area contributed by atoms with Gasteiger partial charge in [0.25, 0.3) is 5.91 Å². The SMILES string of the molecule is CCN(CC)c1ccc(N2C(=NC(=O)Cc3ccc(Cl)cc3)S[C@H]3CS(=O)(=O)C[C@H]32)c(C)c1. The molecular formula is C24H28ClN3O3S2. The van der Waals surface area contributed by atoms with E-state index >= 15 is 0 Å². The number of sulfone groups is 1. The van der Waals surface area contributed by atoms with Crippen molar-refractivity contribution >= 4 is 55.6 Å². The first-order chi connectivity index (χ1) is 15.7. The summed E-state index contributed by atoms with van der Waals surface area (Å²) in [5, 5.41) is 1.07. The monoisotopic (exact) mass is 505 g/mol. The van der Waals surface area contributed by atoms with Crippen LogP contribution < -0.4 is 9.80 Å². The zero-order valence-corrected chi connectivity index (χ0v) is 21.4. The van der Waals surface area contributed by atoms with Crippen molar-refractivity contribution < 1.29 is 13.2 Å². The van der Waals surface area contributed by atoms with Crippen LogP contribution in [0.1, 0.15) is 25.0 Å². The van der Waals surface area contributed by atoms with Gasteiger partial charge in [-0.3, -0.25) is 4.79 Å². The second kappa shape index (κ2) is 9.68. The lowest BCUT2D eigenvalue weighted by atomic mass is 10.1. The first kappa shape index (κ1) is 24.1. The average molecular weight is 506 g/mol. The molecule has 2 atom stereocenters. The van der Waals surface area contributed by atoms with E-state index in [-0.39, 0.29) is 35.1 Å². The summed E-state index contributed by atoms with van der Waals surface area (Å²) in [6.07, 6.45) is 0.169. The molecule has 9 heteroatoms. The summed E-state index contributed by atoms with van der Waals surface area (Å²) in [6.45, 7) is 8.08. The van der Waals surface area contributed by atoms with Gasteiger partial charge in [0.2, 0.25) is 0 Å². The summed E-state index contributed by atoms with van der Waals surface area (Å²) >= 11 is 7.34. The van der Waals surface area contributed by atoms with Crippen LogP contribution in [-0.4, -0.2) is 55.4 Å². The lowest BCUT2D eigenvalue weighted by Crippen LogP contribution is -2.38. The van der Waals surface area contributed by atoms with Crippen LogP contribution in [0.15, 0.2) is 47.5 Å². The smallest absolute Gasteiger partial charge is 0.252 e. The standard InChI is InChI=1S/C24H28ClN3O3S2/c1-4-27(5-2)19-10-11-20(16(3)12-19)28-21-14-33(30,31)15-22(21)32-24(28)26-23(29)13-17-6-8-18(25)9-7-17/h6-12,21-22H,4-5,13-15H2,1-3H3/t21-,22+/m1/s1. The Kier molecular flexibility index (Phi) is 7.07. The third-order valence-corrected chi connectivity index (χ3v) is 9.59. The number of benzene rings is 2. The van der Waals surface area contributed by atoms with Crippen LogP contribution in [0.3, 0.4) is 0 Å². The molecule has 0 spiro atoms. The van der Waals surface area contributed by atoms with E-state index in [1.807, 2.05) is 30.0 Å². The molecule has 0 aromatic heterocycles. The number of fused-ring (bicyclic) bond motifs is 1. The van der Waals surface area contributed by atoms with Crippen LogP contribution in [0.5, 0.6) is 0 Å². The fourth-order valence-corrected chi connectivity index (χ4v) is 8.51. The molecule has 2 aliphatic heterocycles. The van der Waals surface area contributed by atoms with E-state index in [0.717, 1.165) is 35.6 Å². The number of hydrogen-bond acceptors (Lipinski definition) is 5. The molecule has 33 heavy (non-hydrogen) atoms. The summed E-state index contributed by atoms with van der Waals surface area (Å²) in [4.78, 5) is 21.5. The van der Waals surface area contributed by atoms with Gasteiger partial charge in [0.1, 0.15) is 0 Å². The van der Waals surface area contributed by atoms with Crippen LogP contribution in [0.4, 0.5) is 11.4 Å². The van der Waals surface area contributed by atoms with Gasteiger partial charge >= 0.3 is 0 Å². The van der Waals surface area contributed by atoms with Gasteiger partial charge in [-0.05, 0) is 62.2 Å². The Balaban J connectivity index is 1.66. The van der Waals surface area contributed by atoms with Crippen LogP contribution in [0.25, 0.3) is 0 Å². The molecule has 0 aliphatic carbocycles. The van der Waals surface area contributed by atoms with Crippen molar-refractivity contribution in [2.75, 3.05) is 34.4 Å². The molecule has 0 radical (unpaired) electrons. The predicted molar refractivity (Wildman–Crippen MR) is 139 cm³/mol. The highest BCUT2D eigenvalue weighted by Gasteiger charge is 2.49. The summed E-state index contributed by atoms with van der Waals surface area (Å²) in [5.74, 6) is -0.0726. The van der Waals surface area contributed by atoms with Crippen molar-refractivity contribution in [2.24, 2.45) is 4.99 Å². The van der Waals surface area contributed by atoms with Crippen molar-refractivity contribution in [3.05, 3.63) is 58.6 Å². The normalized spacial score (nSPS) is 22.5. The number of carbonyl (C=O) groups excluding carboxylic acids is 1. The lowest BCUT2D eigenvalue weighted by Gasteiger charge is -2.28. The van der Waals surface area contributed by atoms with E-state index in [1.165, 1.54) is 11.8 Å². The highest BCUT2D eigenvalue weighted by atomic mass is 35.5. The third-order valence-electron chi connectivity index (χ3n) is 6.12. The zero-order chi connectivity index (χ0) is 23.8. The van der Waals surface area contributed by atoms with Gasteiger partial charge in [-0.15, -0.1) is 0 Å². The number of nitrogens with zero attached hydrogens (tertiary/aromatic N) is 3. The number of carbonyl (C=O) groups is 1. The van der Waals surface area contributed by atoms with Gasteiger partial charge in [-0.2, -0.15) is 4.99 Å². The molecule has 1 amide bonds. The number of aryl methyl sites for hydroxylation is 1. The molecular weight excluding hydrogens is 478 g/mol. The number of amides is 1. The highest BCUT2D eigenvalue weighted by molar-refractivity contribution is 8.16. The fraction of sp³-hybridized carbons (Fsp3) is 0.417. The molecule has 176 valence electrons. The van der Waals surface area contributed by atoms with Gasteiger partial charge in [-0.1, -0.05) is 35.5 Å². The number of thioether (sulfide) groups is 1. The van der Waals surface area contributed by atoms with E-state index < -0.39 is 9.84 Å². The molecule has 2 aromatic rings. The minimum Gasteiger partial charge on any atom is -0.372 e. The maximum Gasteiger partial charge on any atom is 0.252 e. The Bertz CT molecular complexity index is 1180. The van der Waals surface area contributed by atoms with Crippen molar-refractivity contribution in [1.29, 1.82) is 0 Å². The van der Waals surface area contributed by atoms with Crippen molar-refractivity contribution in [3.8, 4) is 0 Å². The molecule has 0 unspecified atom stereocenters. The first-order valence-electron chi connectivity index (χ1n) is 11.1. The molecule has 2 aliphatic rings. The molecule has 0 bridgehead atoms. The Morgan fingerprint density at radius 3 is 2.48 bits per heavy atom. The van der Waals surface area contributed by atoms with E-state index in [1.54, 1.807) is 12.1 Å². The summed E-state index contributed by atoms with van der Waals surface area (Å²) in [6, 6.07) is 13.1. The second-order valence-corrected chi connectivity index (χ2v) is 12.2. The molecule has 0 N–H and O–H groups in total. The Labute approximate surface area is 204 Å². The predicted octanol–water partition coefficient (Wildman–Crippen LogP) is 4.34. The number of aliphatic imine (C=N–C) groups is 1. The van der Waals surface area contributed by atoms with Gasteiger partial charge in [0, 0.05) is 34.7 Å². The van der Waals surface area contributed by atoms with E-state index in [9.17, 15) is 13.2 Å². The Morgan fingerprint density at radius 1 is 1.15 bits per heavy atom. The summed E-state index contributed by atoms with van der Waals surface area (Å²) in [5.41, 5.74) is 3.90. The maximum absolute atomic E-state index is 12.8. The lowest BCUT2D eigenvalue weighted by molar-refractivity contribution is -0.117. The maximum atomic E-state index is 12.8. The van der Waals surface area contributed by atoms with E-state index in [2.05, 4.69) is 35.9 Å². The summed E-state index contributed by atoms with van der Waals surface area (Å²) in [7, 11) is -3.12. The van der Waals surface area contributed by atoms with Crippen molar-refractivity contribution in [2.45, 2.75) is 38.5 Å². The van der Waals surface area contributed by atoms with Crippen LogP contribution in [0.2, 0.25) is 5.02 Å². The quantitative estimate of drug-likeness (QED) is 0.581. The molecule has 2 heterocycles. The number of anilines is 2. The number of hydrogen-bond donors (Lipinski definition) is 0. The van der Waals surface area contributed by atoms with Crippen molar-refractivity contribution in [3.63, 3.8) is 0 Å². The minimum atomic E-state index is -3.12. The topological polar surface area (TPSA) is 70.0 Å². The molecule has 0 saturated carbocycles. The average Bonchev–Trinajstić information content (AvgIpc) is 3.22. The second-order valence-electron chi connectivity index (χ2n) is 8.40. The minimum absolute atomic E-state index is 0.0757. The van der Waals surface area contributed by atoms with Crippen LogP contribution in [-0.2, 0) is 21.1 Å². The molecule has 4 rings (SSSR count). The number of amidine groups is 1. The largest absolute Gasteiger partial charge is 0.372 e. The molecule has 6 nitrogen and oxygen atoms in total. The molecule has 2 fully saturated rings. The van der Waals surface area contributed by atoms with Crippen LogP contribution >= 0.6 is 23.4 Å². The molecule has 2 aromatic carbocycles. The van der Waals surface area contributed by atoms with Gasteiger partial charge in [0.05, 0.1) is 24.0 Å². The van der Waals surface area contributed by atoms with Crippen LogP contribution in [0, 0.1) is 6.92 Å². The third kappa shape index (κ3) is 5.23. The van der Waals surface area contributed by atoms with Gasteiger partial charge in [0.15, 0.2) is 15.0 Å². The van der Waals surface area contributed by atoms with E-state index in [4.69, 9.17) is 11.6 Å². The molecule has 2 saturated heterocycles. The van der Waals surface area contributed by atoms with Gasteiger partial charge in [-0.25, -0.2) is 8.42 Å². The first-order valence-corrected chi connectivity index (χ1v) is 14.2. The Hall–Kier alpha value is -2.03. The summed E-state index contributed by atoms with van der Waals surface area (Å²) < 4.78 is 24.7. The number of rotatable bonds is 6. The highest BCUT2D eigenvalue weighted by Crippen LogP contribution is 2.42. The fourth-order valence-electron chi connectivity index (χ4n) is 4.46. The van der Waals surface area contributed by atoms with Gasteiger partial charge < -0.3 is 9.80 Å². The van der Waals surface area contributed by atoms with Crippen molar-refractivity contribution in [1.82, 2.24) is 0 Å².